The van der Waals surface area contributed by atoms with E-state index in [-0.39, 0.29) is 15.9 Å². The van der Waals surface area contributed by atoms with E-state index in [4.69, 9.17) is 5.11 Å². The number of aromatic carboxylic acids is 1. The van der Waals surface area contributed by atoms with E-state index in [1.165, 1.54) is 24.3 Å². The minimum atomic E-state index is -4.74. The van der Waals surface area contributed by atoms with Gasteiger partial charge < -0.3 is 5.11 Å². The van der Waals surface area contributed by atoms with Crippen LogP contribution in [-0.4, -0.2) is 32.2 Å². The molecule has 1 heterocycles. The Bertz CT molecular complexity index is 763. The summed E-state index contributed by atoms with van der Waals surface area (Å²) in [5, 5.41) is 17.6. The van der Waals surface area contributed by atoms with Gasteiger partial charge in [-0.15, -0.1) is 5.10 Å². The van der Waals surface area contributed by atoms with Crippen LogP contribution in [0.5, 0.6) is 0 Å². The zero-order chi connectivity index (χ0) is 15.6. The van der Waals surface area contributed by atoms with E-state index in [1.54, 1.807) is 0 Å². The van der Waals surface area contributed by atoms with Gasteiger partial charge in [-0.1, -0.05) is 18.2 Å². The lowest BCUT2D eigenvalue weighted by atomic mass is 10.1. The van der Waals surface area contributed by atoms with Crippen LogP contribution in [0.1, 0.15) is 21.7 Å². The van der Waals surface area contributed by atoms with E-state index < -0.39 is 18.0 Å². The van der Waals surface area contributed by atoms with Gasteiger partial charge in [0.2, 0.25) is 4.77 Å². The molecule has 2 N–H and O–H groups in total. The first-order chi connectivity index (χ1) is 9.80. The summed E-state index contributed by atoms with van der Waals surface area (Å²) in [5.74, 6) is -2.54. The fourth-order valence-electron chi connectivity index (χ4n) is 1.51. The molecule has 0 radical (unpaired) electrons. The van der Waals surface area contributed by atoms with Crippen molar-refractivity contribution in [3.05, 3.63) is 46.0 Å². The first kappa shape index (κ1) is 14.9. The van der Waals surface area contributed by atoms with Crippen molar-refractivity contribution in [3.63, 3.8) is 0 Å². The number of aromatic amines is 1. The Labute approximate surface area is 120 Å². The van der Waals surface area contributed by atoms with Gasteiger partial charge in [0.25, 0.3) is 5.82 Å². The van der Waals surface area contributed by atoms with Gasteiger partial charge in [0.05, 0.1) is 11.8 Å². The number of nitrogens with one attached hydrogen (secondary N) is 1. The molecular weight excluding hydrogens is 309 g/mol. The van der Waals surface area contributed by atoms with Gasteiger partial charge in [0, 0.05) is 5.56 Å². The van der Waals surface area contributed by atoms with Crippen LogP contribution in [-0.2, 0) is 6.18 Å². The maximum Gasteiger partial charge on any atom is 0.453 e. The first-order valence-corrected chi connectivity index (χ1v) is 5.83. The number of alkyl halides is 3. The third-order valence-electron chi connectivity index (χ3n) is 2.41. The number of hydrogen-bond acceptors (Lipinski definition) is 4. The third-order valence-corrected chi connectivity index (χ3v) is 2.67. The Hall–Kier alpha value is -2.49. The lowest BCUT2D eigenvalue weighted by Crippen LogP contribution is -2.13. The lowest BCUT2D eigenvalue weighted by Gasteiger charge is -2.04. The van der Waals surface area contributed by atoms with Crippen molar-refractivity contribution < 1.29 is 23.1 Å². The second-order valence-electron chi connectivity index (χ2n) is 3.80. The number of hydrogen-bond donors (Lipinski definition) is 2. The maximum absolute atomic E-state index is 12.7. The van der Waals surface area contributed by atoms with Crippen molar-refractivity contribution in [2.45, 2.75) is 6.18 Å². The van der Waals surface area contributed by atoms with Crippen LogP contribution in [0.25, 0.3) is 0 Å². The number of aromatic nitrogens is 3. The monoisotopic (exact) mass is 316 g/mol. The quantitative estimate of drug-likeness (QED) is 0.673. The second kappa shape index (κ2) is 5.48. The molecule has 2 aromatic rings. The molecule has 21 heavy (non-hydrogen) atoms. The molecule has 0 bridgehead atoms. The minimum absolute atomic E-state index is 0.0928. The molecule has 0 amide bonds. The molecule has 6 nitrogen and oxygen atoms in total. The molecule has 0 saturated carbocycles. The van der Waals surface area contributed by atoms with Crippen molar-refractivity contribution in [1.82, 2.24) is 14.9 Å². The minimum Gasteiger partial charge on any atom is -0.478 e. The van der Waals surface area contributed by atoms with Crippen LogP contribution in [0.2, 0.25) is 0 Å². The Balaban J connectivity index is 2.47. The molecule has 0 aliphatic carbocycles. The number of carboxylic acid groups (broad SMARTS) is 1. The highest BCUT2D eigenvalue weighted by Gasteiger charge is 2.37. The molecule has 2 rings (SSSR count). The van der Waals surface area contributed by atoms with E-state index in [2.05, 4.69) is 22.4 Å². The molecule has 1 aromatic heterocycles. The number of carboxylic acids is 1. The molecule has 1 aromatic carbocycles. The zero-order valence-electron chi connectivity index (χ0n) is 10.1. The van der Waals surface area contributed by atoms with Crippen molar-refractivity contribution in [2.24, 2.45) is 5.10 Å². The molecule has 0 atom stereocenters. The van der Waals surface area contributed by atoms with Gasteiger partial charge in [-0.25, -0.2) is 9.89 Å². The highest BCUT2D eigenvalue weighted by Crippen LogP contribution is 2.27. The predicted octanol–water partition coefficient (Wildman–Crippen LogP) is 2.54. The summed E-state index contributed by atoms with van der Waals surface area (Å²) in [6.45, 7) is 0. The topological polar surface area (TPSA) is 83.3 Å². The smallest absolute Gasteiger partial charge is 0.453 e. The zero-order valence-corrected chi connectivity index (χ0v) is 10.9. The molecule has 10 heteroatoms. The first-order valence-electron chi connectivity index (χ1n) is 5.42. The molecule has 0 fully saturated rings. The highest BCUT2D eigenvalue weighted by atomic mass is 32.1. The number of benzene rings is 1. The van der Waals surface area contributed by atoms with E-state index in [0.29, 0.717) is 4.68 Å². The molecule has 110 valence electrons. The van der Waals surface area contributed by atoms with Gasteiger partial charge >= 0.3 is 12.1 Å². The van der Waals surface area contributed by atoms with Crippen molar-refractivity contribution in [3.8, 4) is 0 Å². The largest absolute Gasteiger partial charge is 0.478 e. The average Bonchev–Trinajstić information content (AvgIpc) is 2.77. The Morgan fingerprint density at radius 3 is 2.71 bits per heavy atom. The third kappa shape index (κ3) is 3.16. The summed E-state index contributed by atoms with van der Waals surface area (Å²) >= 11 is 4.66. The number of halogens is 3. The predicted molar refractivity (Wildman–Crippen MR) is 68.8 cm³/mol. The van der Waals surface area contributed by atoms with Crippen LogP contribution < -0.4 is 0 Å². The summed E-state index contributed by atoms with van der Waals surface area (Å²) in [7, 11) is 0. The Morgan fingerprint density at radius 1 is 1.43 bits per heavy atom. The van der Waals surface area contributed by atoms with E-state index >= 15 is 0 Å². The van der Waals surface area contributed by atoms with Gasteiger partial charge in [-0.2, -0.15) is 22.9 Å². The summed E-state index contributed by atoms with van der Waals surface area (Å²) in [6.07, 6.45) is -3.76. The summed E-state index contributed by atoms with van der Waals surface area (Å²) in [4.78, 5) is 11.0. The normalized spacial score (nSPS) is 12.0. The number of carbonyl (C=O) groups is 1. The van der Waals surface area contributed by atoms with Crippen molar-refractivity contribution in [1.29, 1.82) is 0 Å². The summed E-state index contributed by atoms with van der Waals surface area (Å²) in [5.41, 5.74) is 0.0473. The van der Waals surface area contributed by atoms with E-state index in [1.807, 2.05) is 5.10 Å². The lowest BCUT2D eigenvalue weighted by molar-refractivity contribution is -0.147. The molecule has 0 unspecified atom stereocenters. The molecular formula is C11H7F3N4O2S. The van der Waals surface area contributed by atoms with Crippen LogP contribution in [0.3, 0.4) is 0 Å². The van der Waals surface area contributed by atoms with Crippen LogP contribution in [0.15, 0.2) is 29.4 Å². The van der Waals surface area contributed by atoms with Gasteiger partial charge in [0.1, 0.15) is 0 Å². The Morgan fingerprint density at radius 2 is 2.10 bits per heavy atom. The molecule has 0 aliphatic rings. The van der Waals surface area contributed by atoms with Crippen molar-refractivity contribution in [2.75, 3.05) is 0 Å². The number of rotatable bonds is 3. The molecule has 0 aliphatic heterocycles. The standard InChI is InChI=1S/C11H7F3N4O2S/c12-11(13,14)9-16-17-10(21)18(9)15-5-6-3-1-2-4-7(6)8(19)20/h1-5H,(H,17,21)(H,19,20)/b15-5-. The van der Waals surface area contributed by atoms with E-state index in [0.717, 1.165) is 6.21 Å². The molecule has 0 saturated heterocycles. The average molecular weight is 316 g/mol. The maximum atomic E-state index is 12.7. The van der Waals surface area contributed by atoms with E-state index in [9.17, 15) is 18.0 Å². The number of H-pyrrole nitrogens is 1. The van der Waals surface area contributed by atoms with Crippen LogP contribution in [0, 0.1) is 4.77 Å². The van der Waals surface area contributed by atoms with Gasteiger partial charge in [-0.05, 0) is 18.3 Å². The van der Waals surface area contributed by atoms with Crippen molar-refractivity contribution >= 4 is 24.4 Å². The fourth-order valence-corrected chi connectivity index (χ4v) is 1.69. The van der Waals surface area contributed by atoms with Crippen LogP contribution >= 0.6 is 12.2 Å². The SMILES string of the molecule is O=C(O)c1ccccc1/C=N\n1c(C(F)(F)F)n[nH]c1=S. The molecule has 0 spiro atoms. The van der Waals surface area contributed by atoms with Gasteiger partial charge in [-0.3, -0.25) is 0 Å². The highest BCUT2D eigenvalue weighted by molar-refractivity contribution is 7.71. The Kier molecular flexibility index (Phi) is 3.89. The van der Waals surface area contributed by atoms with Crippen LogP contribution in [0.4, 0.5) is 13.2 Å². The fraction of sp³-hybridized carbons (Fsp3) is 0.0909. The summed E-state index contributed by atoms with van der Waals surface area (Å²) < 4.78 is 38.1. The second-order valence-corrected chi connectivity index (χ2v) is 4.19. The summed E-state index contributed by atoms with van der Waals surface area (Å²) in [6, 6.07) is 5.74. The number of nitrogens with zero attached hydrogens (tertiary/aromatic N) is 3. The van der Waals surface area contributed by atoms with Gasteiger partial charge in [0.15, 0.2) is 0 Å².